The Hall–Kier alpha value is -2.95. The van der Waals surface area contributed by atoms with Crippen LogP contribution in [-0.2, 0) is 0 Å². The molecule has 0 radical (unpaired) electrons. The molecule has 0 saturated heterocycles. The molecule has 5 heteroatoms. The van der Waals surface area contributed by atoms with Crippen LogP contribution in [0.1, 0.15) is 5.56 Å². The van der Waals surface area contributed by atoms with E-state index in [0.29, 0.717) is 17.1 Å². The molecule has 98 valence electrons. The zero-order valence-electron chi connectivity index (χ0n) is 10.6. The Balaban J connectivity index is 1.99. The second-order valence-corrected chi connectivity index (χ2v) is 4.25. The molecule has 0 saturated carbocycles. The van der Waals surface area contributed by atoms with E-state index in [2.05, 4.69) is 9.97 Å². The lowest BCUT2D eigenvalue weighted by atomic mass is 10.2. The molecule has 0 aliphatic rings. The van der Waals surface area contributed by atoms with Gasteiger partial charge < -0.3 is 10.5 Å². The number of amidine groups is 1. The van der Waals surface area contributed by atoms with Gasteiger partial charge in [-0.05, 0) is 24.3 Å². The maximum Gasteiger partial charge on any atom is 0.156 e. The molecule has 0 unspecified atom stereocenters. The number of benzene rings is 1. The summed E-state index contributed by atoms with van der Waals surface area (Å²) in [5, 5.41) is 8.57. The third-order valence-corrected chi connectivity index (χ3v) is 2.88. The Morgan fingerprint density at radius 2 is 2.05 bits per heavy atom. The maximum atomic E-state index is 7.53. The lowest BCUT2D eigenvalue weighted by Crippen LogP contribution is -2.12. The van der Waals surface area contributed by atoms with Crippen LogP contribution in [-0.4, -0.2) is 15.8 Å². The van der Waals surface area contributed by atoms with E-state index in [1.54, 1.807) is 24.7 Å². The standard InChI is InChI=1S/C15H12N4O/c16-15(17)12-5-7-18-9-14(12)20-11-4-3-10-2-1-6-19-13(10)8-11/h1-9H,(H3,16,17). The fourth-order valence-corrected chi connectivity index (χ4v) is 1.92. The van der Waals surface area contributed by atoms with Crippen LogP contribution < -0.4 is 10.5 Å². The Bertz CT molecular complexity index is 785. The van der Waals surface area contributed by atoms with Crippen molar-refractivity contribution in [2.24, 2.45) is 5.73 Å². The van der Waals surface area contributed by atoms with Gasteiger partial charge in [-0.25, -0.2) is 0 Å². The highest BCUT2D eigenvalue weighted by molar-refractivity contribution is 5.97. The number of fused-ring (bicyclic) bond motifs is 1. The zero-order valence-corrected chi connectivity index (χ0v) is 10.6. The average Bonchev–Trinajstić information content (AvgIpc) is 2.47. The minimum Gasteiger partial charge on any atom is -0.455 e. The normalized spacial score (nSPS) is 10.4. The molecular weight excluding hydrogens is 252 g/mol. The summed E-state index contributed by atoms with van der Waals surface area (Å²) in [5.74, 6) is 1.03. The fourth-order valence-electron chi connectivity index (χ4n) is 1.92. The van der Waals surface area contributed by atoms with Crippen molar-refractivity contribution in [3.8, 4) is 11.5 Å². The summed E-state index contributed by atoms with van der Waals surface area (Å²) >= 11 is 0. The maximum absolute atomic E-state index is 7.53. The molecular formula is C15H12N4O. The Morgan fingerprint density at radius 3 is 2.90 bits per heavy atom. The third kappa shape index (κ3) is 2.29. The van der Waals surface area contributed by atoms with Gasteiger partial charge in [0.15, 0.2) is 5.75 Å². The van der Waals surface area contributed by atoms with E-state index in [1.165, 1.54) is 0 Å². The van der Waals surface area contributed by atoms with Crippen LogP contribution in [0.15, 0.2) is 55.0 Å². The van der Waals surface area contributed by atoms with Gasteiger partial charge in [-0.2, -0.15) is 0 Å². The van der Waals surface area contributed by atoms with Crippen molar-refractivity contribution in [3.05, 3.63) is 60.6 Å². The summed E-state index contributed by atoms with van der Waals surface area (Å²) in [7, 11) is 0. The SMILES string of the molecule is N=C(N)c1ccncc1Oc1ccc2cccnc2c1. The number of nitrogens with two attached hydrogens (primary N) is 1. The molecule has 0 aliphatic heterocycles. The van der Waals surface area contributed by atoms with E-state index < -0.39 is 0 Å². The van der Waals surface area contributed by atoms with Gasteiger partial charge in [-0.3, -0.25) is 15.4 Å². The summed E-state index contributed by atoms with van der Waals surface area (Å²) in [4.78, 5) is 8.27. The molecule has 0 fully saturated rings. The number of rotatable bonds is 3. The molecule has 0 amide bonds. The van der Waals surface area contributed by atoms with E-state index in [1.807, 2.05) is 30.3 Å². The van der Waals surface area contributed by atoms with Crippen molar-refractivity contribution in [1.82, 2.24) is 9.97 Å². The van der Waals surface area contributed by atoms with Crippen LogP contribution in [0.2, 0.25) is 0 Å². The minimum absolute atomic E-state index is 0.0543. The molecule has 0 bridgehead atoms. The summed E-state index contributed by atoms with van der Waals surface area (Å²) in [6.45, 7) is 0. The first-order valence-electron chi connectivity index (χ1n) is 6.05. The van der Waals surface area contributed by atoms with Gasteiger partial charge in [0.25, 0.3) is 0 Å². The monoisotopic (exact) mass is 264 g/mol. The number of aromatic nitrogens is 2. The summed E-state index contributed by atoms with van der Waals surface area (Å²) in [5.41, 5.74) is 6.88. The topological polar surface area (TPSA) is 84.9 Å². The van der Waals surface area contributed by atoms with Crippen LogP contribution in [0.25, 0.3) is 10.9 Å². The van der Waals surface area contributed by atoms with Crippen molar-refractivity contribution in [2.45, 2.75) is 0 Å². The van der Waals surface area contributed by atoms with E-state index in [-0.39, 0.29) is 5.84 Å². The Kier molecular flexibility index (Phi) is 3.01. The first kappa shape index (κ1) is 12.1. The number of hydrogen-bond acceptors (Lipinski definition) is 4. The van der Waals surface area contributed by atoms with Gasteiger partial charge in [0.1, 0.15) is 11.6 Å². The number of nitrogens with zero attached hydrogens (tertiary/aromatic N) is 2. The van der Waals surface area contributed by atoms with Gasteiger partial charge in [-0.1, -0.05) is 6.07 Å². The zero-order chi connectivity index (χ0) is 13.9. The second kappa shape index (κ2) is 4.97. The van der Waals surface area contributed by atoms with Crippen LogP contribution in [0, 0.1) is 5.41 Å². The van der Waals surface area contributed by atoms with Gasteiger partial charge in [0, 0.05) is 23.8 Å². The van der Waals surface area contributed by atoms with Crippen molar-refractivity contribution in [3.63, 3.8) is 0 Å². The number of pyridine rings is 2. The predicted molar refractivity (Wildman–Crippen MR) is 77.1 cm³/mol. The number of nitrogen functional groups attached to an aromatic ring is 1. The Labute approximate surface area is 115 Å². The van der Waals surface area contributed by atoms with Crippen LogP contribution in [0.3, 0.4) is 0 Å². The molecule has 0 atom stereocenters. The highest BCUT2D eigenvalue weighted by atomic mass is 16.5. The van der Waals surface area contributed by atoms with E-state index in [4.69, 9.17) is 15.9 Å². The smallest absolute Gasteiger partial charge is 0.156 e. The molecule has 5 nitrogen and oxygen atoms in total. The van der Waals surface area contributed by atoms with Gasteiger partial charge >= 0.3 is 0 Å². The van der Waals surface area contributed by atoms with Crippen molar-refractivity contribution in [2.75, 3.05) is 0 Å². The van der Waals surface area contributed by atoms with Crippen molar-refractivity contribution >= 4 is 16.7 Å². The van der Waals surface area contributed by atoms with Gasteiger partial charge in [0.05, 0.1) is 17.3 Å². The predicted octanol–water partition coefficient (Wildman–Crippen LogP) is 2.71. The number of nitrogens with one attached hydrogen (secondary N) is 1. The van der Waals surface area contributed by atoms with Crippen LogP contribution in [0.4, 0.5) is 0 Å². The third-order valence-electron chi connectivity index (χ3n) is 2.88. The van der Waals surface area contributed by atoms with Gasteiger partial charge in [-0.15, -0.1) is 0 Å². The second-order valence-electron chi connectivity index (χ2n) is 4.25. The molecule has 3 N–H and O–H groups in total. The summed E-state index contributed by atoms with van der Waals surface area (Å²) in [6, 6.07) is 11.1. The molecule has 1 aromatic carbocycles. The number of hydrogen-bond donors (Lipinski definition) is 2. The van der Waals surface area contributed by atoms with E-state index in [0.717, 1.165) is 10.9 Å². The average molecular weight is 264 g/mol. The fraction of sp³-hybridized carbons (Fsp3) is 0. The van der Waals surface area contributed by atoms with E-state index >= 15 is 0 Å². The molecule has 3 aromatic rings. The molecule has 3 rings (SSSR count). The molecule has 0 spiro atoms. The minimum atomic E-state index is -0.0543. The van der Waals surface area contributed by atoms with Gasteiger partial charge in [0.2, 0.25) is 0 Å². The van der Waals surface area contributed by atoms with Crippen LogP contribution in [0.5, 0.6) is 11.5 Å². The highest BCUT2D eigenvalue weighted by Crippen LogP contribution is 2.26. The summed E-state index contributed by atoms with van der Waals surface area (Å²) < 4.78 is 5.76. The first-order valence-corrected chi connectivity index (χ1v) is 6.05. The molecule has 2 heterocycles. The molecule has 20 heavy (non-hydrogen) atoms. The van der Waals surface area contributed by atoms with E-state index in [9.17, 15) is 0 Å². The summed E-state index contributed by atoms with van der Waals surface area (Å²) in [6.07, 6.45) is 4.85. The van der Waals surface area contributed by atoms with Crippen LogP contribution >= 0.6 is 0 Å². The quantitative estimate of drug-likeness (QED) is 0.562. The lowest BCUT2D eigenvalue weighted by molar-refractivity contribution is 0.480. The molecule has 0 aliphatic carbocycles. The largest absolute Gasteiger partial charge is 0.455 e. The van der Waals surface area contributed by atoms with Crippen molar-refractivity contribution < 1.29 is 4.74 Å². The lowest BCUT2D eigenvalue weighted by Gasteiger charge is -2.09. The number of ether oxygens (including phenoxy) is 1. The molecule has 2 aromatic heterocycles. The Morgan fingerprint density at radius 1 is 1.15 bits per heavy atom. The highest BCUT2D eigenvalue weighted by Gasteiger charge is 2.08. The first-order chi connectivity index (χ1) is 9.74. The van der Waals surface area contributed by atoms with Crippen molar-refractivity contribution in [1.29, 1.82) is 5.41 Å².